The van der Waals surface area contributed by atoms with E-state index in [4.69, 9.17) is 5.11 Å². The molecule has 0 aliphatic rings. The van der Waals surface area contributed by atoms with Crippen molar-refractivity contribution in [3.63, 3.8) is 0 Å². The van der Waals surface area contributed by atoms with Crippen LogP contribution in [0, 0.1) is 6.92 Å². The monoisotopic (exact) mass is 362 g/mol. The van der Waals surface area contributed by atoms with Gasteiger partial charge in [-0.15, -0.1) is 11.3 Å². The molecule has 2 aromatic heterocycles. The van der Waals surface area contributed by atoms with E-state index in [2.05, 4.69) is 5.32 Å². The molecule has 0 aromatic carbocycles. The molecule has 0 saturated carbocycles. The predicted molar refractivity (Wildman–Crippen MR) is 95.2 cm³/mol. The summed E-state index contributed by atoms with van der Waals surface area (Å²) >= 11 is 1.16. The Kier molecular flexibility index (Phi) is 5.89. The second-order valence-electron chi connectivity index (χ2n) is 5.29. The van der Waals surface area contributed by atoms with Crippen LogP contribution in [0.4, 0.5) is 0 Å². The summed E-state index contributed by atoms with van der Waals surface area (Å²) in [6.45, 7) is 1.67. The number of nitrogens with zero attached hydrogens (tertiary/aromatic N) is 1. The molecule has 25 heavy (non-hydrogen) atoms. The smallest absolute Gasteiger partial charge is 0.265 e. The van der Waals surface area contributed by atoms with E-state index < -0.39 is 11.3 Å². The molecule has 0 atom stereocenters. The zero-order chi connectivity index (χ0) is 18.6. The summed E-state index contributed by atoms with van der Waals surface area (Å²) in [6.07, 6.45) is 2.67. The molecule has 0 saturated heterocycles. The minimum atomic E-state index is -0.613. The highest BCUT2D eigenvalue weighted by Crippen LogP contribution is 2.19. The Balaban J connectivity index is 2.19. The summed E-state index contributed by atoms with van der Waals surface area (Å²) in [6, 6.07) is 4.62. The van der Waals surface area contributed by atoms with Crippen molar-refractivity contribution >= 4 is 29.1 Å². The Morgan fingerprint density at radius 2 is 2.08 bits per heavy atom. The van der Waals surface area contributed by atoms with Crippen molar-refractivity contribution in [1.29, 1.82) is 0 Å². The van der Waals surface area contributed by atoms with Crippen LogP contribution in [0.2, 0.25) is 0 Å². The molecule has 8 heteroatoms. The number of aliphatic hydroxyl groups is 1. The van der Waals surface area contributed by atoms with E-state index in [0.717, 1.165) is 11.3 Å². The number of aryl methyl sites for hydroxylation is 1. The van der Waals surface area contributed by atoms with Crippen molar-refractivity contribution in [1.82, 2.24) is 9.88 Å². The molecule has 2 heterocycles. The Hall–Kier alpha value is -2.71. The number of amides is 1. The standard InChI is InChI=1S/C17H18N2O5S/c1-10-9-13(22)15(17(24)19(10)2)12(21)5-3-11-4-6-14(25-11)16(23)18-7-8-20/h3-6,9,20,22H,7-8H2,1-2H3,(H,18,23)/b5-3+. The molecule has 3 N–H and O–H groups in total. The molecule has 0 fully saturated rings. The first-order chi connectivity index (χ1) is 11.8. The van der Waals surface area contributed by atoms with E-state index in [9.17, 15) is 19.5 Å². The molecule has 1 amide bonds. The number of ketones is 1. The number of aromatic nitrogens is 1. The van der Waals surface area contributed by atoms with E-state index in [1.54, 1.807) is 19.1 Å². The fraction of sp³-hybridized carbons (Fsp3) is 0.235. The van der Waals surface area contributed by atoms with Gasteiger partial charge in [0.05, 0.1) is 11.5 Å². The average molecular weight is 362 g/mol. The van der Waals surface area contributed by atoms with Gasteiger partial charge in [-0.3, -0.25) is 14.4 Å². The van der Waals surface area contributed by atoms with E-state index >= 15 is 0 Å². The van der Waals surface area contributed by atoms with Crippen LogP contribution in [-0.2, 0) is 7.05 Å². The summed E-state index contributed by atoms with van der Waals surface area (Å²) in [5, 5.41) is 21.1. The number of thiophene rings is 1. The van der Waals surface area contributed by atoms with Gasteiger partial charge in [0.25, 0.3) is 11.5 Å². The fourth-order valence-corrected chi connectivity index (χ4v) is 2.93. The first-order valence-electron chi connectivity index (χ1n) is 7.46. The van der Waals surface area contributed by atoms with E-state index in [1.807, 2.05) is 0 Å². The van der Waals surface area contributed by atoms with Gasteiger partial charge in [0.2, 0.25) is 0 Å². The molecule has 0 bridgehead atoms. The van der Waals surface area contributed by atoms with Crippen molar-refractivity contribution in [2.24, 2.45) is 7.05 Å². The van der Waals surface area contributed by atoms with Crippen LogP contribution in [0.5, 0.6) is 5.75 Å². The van der Waals surface area contributed by atoms with Crippen LogP contribution in [0.25, 0.3) is 6.08 Å². The van der Waals surface area contributed by atoms with Crippen LogP contribution in [-0.4, -0.2) is 39.6 Å². The summed E-state index contributed by atoms with van der Waals surface area (Å²) in [5.74, 6) is -1.28. The fourth-order valence-electron chi connectivity index (χ4n) is 2.10. The number of allylic oxidation sites excluding steroid dienone is 1. The van der Waals surface area contributed by atoms with Crippen molar-refractivity contribution < 1.29 is 19.8 Å². The minimum absolute atomic E-state index is 0.145. The van der Waals surface area contributed by atoms with Gasteiger partial charge in [-0.2, -0.15) is 0 Å². The summed E-state index contributed by atoms with van der Waals surface area (Å²) in [5.41, 5.74) is -0.316. The third-order valence-electron chi connectivity index (χ3n) is 3.54. The highest BCUT2D eigenvalue weighted by atomic mass is 32.1. The van der Waals surface area contributed by atoms with Gasteiger partial charge in [-0.05, 0) is 31.2 Å². The number of hydrogen-bond acceptors (Lipinski definition) is 6. The number of aromatic hydroxyl groups is 1. The van der Waals surface area contributed by atoms with Crippen LogP contribution in [0.1, 0.15) is 30.6 Å². The second kappa shape index (κ2) is 7.91. The van der Waals surface area contributed by atoms with Gasteiger partial charge < -0.3 is 20.1 Å². The van der Waals surface area contributed by atoms with Crippen LogP contribution < -0.4 is 10.9 Å². The highest BCUT2D eigenvalue weighted by molar-refractivity contribution is 7.14. The van der Waals surface area contributed by atoms with Gasteiger partial charge >= 0.3 is 0 Å². The summed E-state index contributed by atoms with van der Waals surface area (Å²) in [4.78, 5) is 37.2. The first-order valence-corrected chi connectivity index (χ1v) is 8.27. The number of hydrogen-bond donors (Lipinski definition) is 3. The predicted octanol–water partition coefficient (Wildman–Crippen LogP) is 1.08. The second-order valence-corrected chi connectivity index (χ2v) is 6.40. The third-order valence-corrected chi connectivity index (χ3v) is 4.59. The summed E-state index contributed by atoms with van der Waals surface area (Å²) in [7, 11) is 1.52. The largest absolute Gasteiger partial charge is 0.507 e. The lowest BCUT2D eigenvalue weighted by atomic mass is 10.1. The van der Waals surface area contributed by atoms with Crippen molar-refractivity contribution in [2.45, 2.75) is 6.92 Å². The van der Waals surface area contributed by atoms with E-state index in [-0.39, 0.29) is 30.4 Å². The van der Waals surface area contributed by atoms with Gasteiger partial charge in [0, 0.05) is 30.2 Å². The number of pyridine rings is 1. The molecule has 2 rings (SSSR count). The lowest BCUT2D eigenvalue weighted by molar-refractivity contribution is 0.0948. The lowest BCUT2D eigenvalue weighted by Crippen LogP contribution is -2.25. The number of carbonyl (C=O) groups is 2. The van der Waals surface area contributed by atoms with Crippen molar-refractivity contribution in [3.8, 4) is 5.75 Å². The molecule has 132 valence electrons. The van der Waals surface area contributed by atoms with Crippen LogP contribution >= 0.6 is 11.3 Å². The Labute approximate surface area is 147 Å². The Morgan fingerprint density at radius 3 is 2.76 bits per heavy atom. The molecule has 0 spiro atoms. The van der Waals surface area contributed by atoms with Gasteiger partial charge in [-0.1, -0.05) is 0 Å². The van der Waals surface area contributed by atoms with Crippen LogP contribution in [0.3, 0.4) is 0 Å². The maximum atomic E-state index is 12.2. The highest BCUT2D eigenvalue weighted by Gasteiger charge is 2.16. The lowest BCUT2D eigenvalue weighted by Gasteiger charge is -2.07. The van der Waals surface area contributed by atoms with Crippen LogP contribution in [0.15, 0.2) is 29.1 Å². The molecular formula is C17H18N2O5S. The number of rotatable bonds is 6. The Morgan fingerprint density at radius 1 is 1.36 bits per heavy atom. The van der Waals surface area contributed by atoms with Crippen molar-refractivity contribution in [2.75, 3.05) is 13.2 Å². The van der Waals surface area contributed by atoms with Gasteiger partial charge in [-0.25, -0.2) is 0 Å². The molecular weight excluding hydrogens is 344 g/mol. The zero-order valence-electron chi connectivity index (χ0n) is 13.8. The normalized spacial score (nSPS) is 11.0. The number of nitrogens with one attached hydrogen (secondary N) is 1. The van der Waals surface area contributed by atoms with Gasteiger partial charge in [0.15, 0.2) is 5.78 Å². The quantitative estimate of drug-likeness (QED) is 0.526. The molecule has 7 nitrogen and oxygen atoms in total. The van der Waals surface area contributed by atoms with Crippen molar-refractivity contribution in [3.05, 3.63) is 55.6 Å². The molecule has 0 unspecified atom stereocenters. The maximum absolute atomic E-state index is 12.2. The Bertz CT molecular complexity index is 895. The SMILES string of the molecule is Cc1cc(O)c(C(=O)/C=C/c2ccc(C(=O)NCCO)s2)c(=O)n1C. The first kappa shape index (κ1) is 18.6. The maximum Gasteiger partial charge on any atom is 0.265 e. The molecule has 0 aliphatic heterocycles. The molecule has 2 aromatic rings. The molecule has 0 aliphatic carbocycles. The zero-order valence-corrected chi connectivity index (χ0v) is 14.6. The number of carbonyl (C=O) groups excluding carboxylic acids is 2. The van der Waals surface area contributed by atoms with Gasteiger partial charge in [0.1, 0.15) is 11.3 Å². The summed E-state index contributed by atoms with van der Waals surface area (Å²) < 4.78 is 1.29. The number of aliphatic hydroxyl groups excluding tert-OH is 1. The topological polar surface area (TPSA) is 109 Å². The average Bonchev–Trinajstić information content (AvgIpc) is 3.05. The minimum Gasteiger partial charge on any atom is -0.507 e. The third kappa shape index (κ3) is 4.23. The molecule has 0 radical (unpaired) electrons. The van der Waals surface area contributed by atoms with E-state index in [0.29, 0.717) is 15.4 Å². The van der Waals surface area contributed by atoms with E-state index in [1.165, 1.54) is 29.8 Å².